The molecule has 9 nitrogen and oxygen atoms in total. The summed E-state index contributed by atoms with van der Waals surface area (Å²) < 4.78 is 6.15. The summed E-state index contributed by atoms with van der Waals surface area (Å²) in [4.78, 5) is 37.0. The number of primary amides is 1. The van der Waals surface area contributed by atoms with Gasteiger partial charge in [0, 0.05) is 47.2 Å². The summed E-state index contributed by atoms with van der Waals surface area (Å²) in [7, 11) is 0. The van der Waals surface area contributed by atoms with Crippen molar-refractivity contribution < 1.29 is 14.3 Å². The number of aliphatic imine (C=N–C) groups is 1. The molecule has 0 spiro atoms. The molecular weight excluding hydrogens is 647 g/mol. The zero-order valence-corrected chi connectivity index (χ0v) is 28.3. The van der Waals surface area contributed by atoms with Crippen molar-refractivity contribution >= 4 is 52.6 Å². The number of nitrogens with two attached hydrogens (primary N) is 1. The zero-order valence-electron chi connectivity index (χ0n) is 26.1. The number of halogens is 3. The second-order valence-corrected chi connectivity index (χ2v) is 13.4. The highest BCUT2D eigenvalue weighted by Gasteiger charge is 2.47. The number of carbonyl (C=O) groups excluding carboxylic acids is 2. The molecule has 3 amide bonds. The van der Waals surface area contributed by atoms with Gasteiger partial charge >= 0.3 is 6.03 Å². The lowest BCUT2D eigenvalue weighted by Crippen LogP contribution is -2.55. The summed E-state index contributed by atoms with van der Waals surface area (Å²) in [6.07, 6.45) is 6.52. The molecule has 0 radical (unpaired) electrons. The van der Waals surface area contributed by atoms with Crippen molar-refractivity contribution in [2.24, 2.45) is 16.6 Å². The highest BCUT2D eigenvalue weighted by molar-refractivity contribution is 6.32. The van der Waals surface area contributed by atoms with Crippen LogP contribution in [0.15, 0.2) is 64.7 Å². The van der Waals surface area contributed by atoms with Crippen molar-refractivity contribution in [2.45, 2.75) is 44.7 Å². The fraction of sp³-hybridized carbons (Fsp3) is 0.412. The first-order valence-electron chi connectivity index (χ1n) is 15.3. The molecule has 2 heterocycles. The van der Waals surface area contributed by atoms with E-state index < -0.39 is 17.4 Å². The predicted molar refractivity (Wildman–Crippen MR) is 181 cm³/mol. The van der Waals surface area contributed by atoms with Crippen molar-refractivity contribution in [2.75, 3.05) is 39.3 Å². The highest BCUT2D eigenvalue weighted by atomic mass is 35.5. The number of carbonyl (C=O) groups is 2. The zero-order chi connectivity index (χ0) is 33.2. The van der Waals surface area contributed by atoms with Gasteiger partial charge in [-0.1, -0.05) is 59.1 Å². The smallest absolute Gasteiger partial charge is 0.326 e. The topological polar surface area (TPSA) is 115 Å². The Labute approximate surface area is 284 Å². The average Bonchev–Trinajstić information content (AvgIpc) is 3.42. The maximum Gasteiger partial charge on any atom is 0.326 e. The second kappa shape index (κ2) is 14.1. The molecule has 0 bridgehead atoms. The summed E-state index contributed by atoms with van der Waals surface area (Å²) in [5.41, 5.74) is 6.59. The Bertz CT molecular complexity index is 1620. The first kappa shape index (κ1) is 33.8. The van der Waals surface area contributed by atoms with Gasteiger partial charge in [0.1, 0.15) is 11.6 Å². The number of benzene rings is 2. The molecule has 1 aliphatic carbocycles. The number of rotatable bonds is 8. The van der Waals surface area contributed by atoms with Crippen LogP contribution in [0.2, 0.25) is 10.0 Å². The summed E-state index contributed by atoms with van der Waals surface area (Å²) in [5.74, 6) is 0.435. The molecule has 3 aliphatic rings. The Morgan fingerprint density at radius 1 is 1.11 bits per heavy atom. The van der Waals surface area contributed by atoms with Crippen LogP contribution in [0.5, 0.6) is 5.75 Å². The van der Waals surface area contributed by atoms with E-state index in [0.29, 0.717) is 77.0 Å². The van der Waals surface area contributed by atoms with E-state index in [2.05, 4.69) is 6.07 Å². The molecule has 3 atom stereocenters. The molecule has 12 heteroatoms. The normalized spacial score (nSPS) is 21.9. The Morgan fingerprint density at radius 2 is 1.80 bits per heavy atom. The molecular formula is C34H37Cl3N6O3. The number of urea groups is 1. The van der Waals surface area contributed by atoms with E-state index in [-0.39, 0.29) is 24.5 Å². The first-order chi connectivity index (χ1) is 21.9. The fourth-order valence-corrected chi connectivity index (χ4v) is 6.87. The van der Waals surface area contributed by atoms with Crippen LogP contribution in [0.3, 0.4) is 0 Å². The fourth-order valence-electron chi connectivity index (χ4n) is 6.18. The van der Waals surface area contributed by atoms with E-state index in [1.807, 2.05) is 54.3 Å². The van der Waals surface area contributed by atoms with Crippen molar-refractivity contribution in [1.82, 2.24) is 14.7 Å². The predicted octanol–water partition coefficient (Wildman–Crippen LogP) is 6.29. The van der Waals surface area contributed by atoms with E-state index in [1.165, 1.54) is 0 Å². The largest absolute Gasteiger partial charge is 0.493 e. The molecule has 1 fully saturated rings. The first-order valence-corrected chi connectivity index (χ1v) is 16.4. The lowest BCUT2D eigenvalue weighted by Gasteiger charge is -2.39. The van der Waals surface area contributed by atoms with Crippen LogP contribution in [0.4, 0.5) is 4.79 Å². The molecule has 1 unspecified atom stereocenters. The quantitative estimate of drug-likeness (QED) is 0.352. The lowest BCUT2D eigenvalue weighted by atomic mass is 9.85. The molecule has 1 saturated heterocycles. The minimum absolute atomic E-state index is 0.0637. The standard InChI is InChI=1S/C34H37Cl3N6O3/c1-4-46-28-18-26(34(2,3)20-38)27(37)17-25(28)32-40-30(21-5-9-23(35)10-6-21)31(22-7-11-24(36)12-8-22)43(32)33(45)42-15-13-41(14-16-42)19-29(39)44/h5,7-12,17-18,21,30-31H,4,6,13-16,19H2,1-3H3,(H2,39,44)/t21?,30-,31+/m0/s1. The number of amidine groups is 1. The Kier molecular flexibility index (Phi) is 10.3. The van der Waals surface area contributed by atoms with E-state index in [0.717, 1.165) is 5.56 Å². The van der Waals surface area contributed by atoms with Gasteiger partial charge in [-0.25, -0.2) is 4.79 Å². The third-order valence-electron chi connectivity index (χ3n) is 8.63. The summed E-state index contributed by atoms with van der Waals surface area (Å²) in [6.45, 7) is 7.78. The number of hydrogen-bond donors (Lipinski definition) is 1. The van der Waals surface area contributed by atoms with Gasteiger partial charge in [0.2, 0.25) is 5.91 Å². The number of amides is 3. The highest BCUT2D eigenvalue weighted by Crippen LogP contribution is 2.44. The molecule has 0 saturated carbocycles. The van der Waals surface area contributed by atoms with E-state index in [4.69, 9.17) is 50.3 Å². The van der Waals surface area contributed by atoms with Gasteiger partial charge < -0.3 is 15.4 Å². The minimum Gasteiger partial charge on any atom is -0.493 e. The number of nitrogens with zero attached hydrogens (tertiary/aromatic N) is 5. The van der Waals surface area contributed by atoms with Crippen LogP contribution in [-0.2, 0) is 10.2 Å². The minimum atomic E-state index is -0.883. The van der Waals surface area contributed by atoms with E-state index in [9.17, 15) is 14.9 Å². The Balaban J connectivity index is 1.66. The van der Waals surface area contributed by atoms with Crippen molar-refractivity contribution in [3.05, 3.63) is 86.4 Å². The molecule has 46 heavy (non-hydrogen) atoms. The molecule has 2 aromatic carbocycles. The molecule has 2 aliphatic heterocycles. The van der Waals surface area contributed by atoms with Gasteiger partial charge in [-0.05, 0) is 68.7 Å². The Hall–Kier alpha value is -3.55. The average molecular weight is 684 g/mol. The number of nitriles is 1. The number of piperazine rings is 1. The maximum atomic E-state index is 14.7. The van der Waals surface area contributed by atoms with Crippen LogP contribution in [-0.4, -0.2) is 77.8 Å². The summed E-state index contributed by atoms with van der Waals surface area (Å²) >= 11 is 19.5. The van der Waals surface area contributed by atoms with Gasteiger partial charge in [-0.15, -0.1) is 0 Å². The second-order valence-electron chi connectivity index (χ2n) is 12.2. The lowest BCUT2D eigenvalue weighted by molar-refractivity contribution is -0.119. The van der Waals surface area contributed by atoms with Crippen LogP contribution >= 0.6 is 34.8 Å². The third kappa shape index (κ3) is 7.06. The summed E-state index contributed by atoms with van der Waals surface area (Å²) in [6, 6.07) is 12.2. The third-order valence-corrected chi connectivity index (χ3v) is 9.48. The van der Waals surface area contributed by atoms with E-state index in [1.54, 1.807) is 35.8 Å². The molecule has 2 N–H and O–H groups in total. The van der Waals surface area contributed by atoms with Crippen LogP contribution < -0.4 is 10.5 Å². The SMILES string of the molecule is CCOc1cc(C(C)(C)C#N)c(Cl)cc1C1=N[C@@H](C2C=CC(Cl)=CC2)[C@@H](c2ccc(Cl)cc2)N1C(=O)N1CCN(CC(N)=O)CC1. The molecule has 5 rings (SSSR count). The maximum absolute atomic E-state index is 14.7. The van der Waals surface area contributed by atoms with Gasteiger partial charge in [0.15, 0.2) is 0 Å². The number of ether oxygens (including phenoxy) is 1. The monoisotopic (exact) mass is 682 g/mol. The van der Waals surface area contributed by atoms with Gasteiger partial charge in [0.05, 0.1) is 42.3 Å². The molecule has 2 aromatic rings. The van der Waals surface area contributed by atoms with Gasteiger partial charge in [0.25, 0.3) is 0 Å². The number of allylic oxidation sites excluding steroid dienone is 3. The molecule has 242 valence electrons. The summed E-state index contributed by atoms with van der Waals surface area (Å²) in [5, 5.41) is 11.5. The Morgan fingerprint density at radius 3 is 2.39 bits per heavy atom. The van der Waals surface area contributed by atoms with Crippen LogP contribution in [0.25, 0.3) is 0 Å². The van der Waals surface area contributed by atoms with E-state index >= 15 is 0 Å². The van der Waals surface area contributed by atoms with Crippen LogP contribution in [0.1, 0.15) is 49.9 Å². The van der Waals surface area contributed by atoms with Crippen molar-refractivity contribution in [3.63, 3.8) is 0 Å². The van der Waals surface area contributed by atoms with Crippen molar-refractivity contribution in [1.29, 1.82) is 5.26 Å². The number of hydrogen-bond acceptors (Lipinski definition) is 6. The van der Waals surface area contributed by atoms with Gasteiger partial charge in [-0.3, -0.25) is 19.6 Å². The van der Waals surface area contributed by atoms with Gasteiger partial charge in [-0.2, -0.15) is 5.26 Å². The molecule has 0 aromatic heterocycles. The van der Waals surface area contributed by atoms with Crippen molar-refractivity contribution in [3.8, 4) is 11.8 Å². The van der Waals surface area contributed by atoms with Crippen LogP contribution in [0, 0.1) is 17.2 Å².